The van der Waals surface area contributed by atoms with Crippen molar-refractivity contribution in [3.8, 4) is 0 Å². The normalized spacial score (nSPS) is 23.4. The fraction of sp³-hybridized carbons (Fsp3) is 0.500. The number of aromatic nitrogens is 1. The van der Waals surface area contributed by atoms with Crippen LogP contribution in [0.4, 0.5) is 4.39 Å². The van der Waals surface area contributed by atoms with E-state index in [1.165, 1.54) is 31.2 Å². The Balaban J connectivity index is 1.88. The third-order valence-corrected chi connectivity index (χ3v) is 4.89. The first-order valence-electron chi connectivity index (χ1n) is 7.69. The highest BCUT2D eigenvalue weighted by atomic mass is 19.1. The van der Waals surface area contributed by atoms with Crippen molar-refractivity contribution in [3.05, 3.63) is 41.8 Å². The molecular formula is C18H22FN. The molecule has 2 aromatic rings. The van der Waals surface area contributed by atoms with Crippen molar-refractivity contribution in [1.29, 1.82) is 0 Å². The fourth-order valence-corrected chi connectivity index (χ4v) is 3.60. The maximum atomic E-state index is 13.3. The Hall–Kier alpha value is -1.44. The van der Waals surface area contributed by atoms with Crippen molar-refractivity contribution in [2.75, 3.05) is 0 Å². The van der Waals surface area contributed by atoms with Crippen molar-refractivity contribution >= 4 is 10.9 Å². The van der Waals surface area contributed by atoms with Gasteiger partial charge in [0.05, 0.1) is 5.52 Å². The van der Waals surface area contributed by atoms with Gasteiger partial charge in [-0.25, -0.2) is 4.39 Å². The molecule has 1 aromatic carbocycles. The maximum Gasteiger partial charge on any atom is 0.125 e. The molecule has 20 heavy (non-hydrogen) atoms. The van der Waals surface area contributed by atoms with E-state index in [1.807, 2.05) is 12.3 Å². The molecule has 1 aromatic heterocycles. The highest BCUT2D eigenvalue weighted by molar-refractivity contribution is 5.82. The number of benzene rings is 1. The third-order valence-electron chi connectivity index (χ3n) is 4.89. The summed E-state index contributed by atoms with van der Waals surface area (Å²) in [5.74, 6) is 2.07. The monoisotopic (exact) mass is 271 g/mol. The summed E-state index contributed by atoms with van der Waals surface area (Å²) in [5, 5.41) is 1.13. The van der Waals surface area contributed by atoms with Crippen molar-refractivity contribution in [2.45, 2.75) is 45.4 Å². The fourth-order valence-electron chi connectivity index (χ4n) is 3.60. The minimum Gasteiger partial charge on any atom is -0.256 e. The van der Waals surface area contributed by atoms with Gasteiger partial charge in [-0.3, -0.25) is 4.98 Å². The Bertz CT molecular complexity index is 597. The van der Waals surface area contributed by atoms with Crippen molar-refractivity contribution in [1.82, 2.24) is 4.98 Å². The van der Waals surface area contributed by atoms with Gasteiger partial charge in [0.2, 0.25) is 0 Å². The molecule has 0 bridgehead atoms. The van der Waals surface area contributed by atoms with E-state index in [4.69, 9.17) is 0 Å². The molecule has 1 aliphatic carbocycles. The molecule has 2 heteroatoms. The number of fused-ring (bicyclic) bond motifs is 1. The summed E-state index contributed by atoms with van der Waals surface area (Å²) in [5.41, 5.74) is 2.14. The van der Waals surface area contributed by atoms with Gasteiger partial charge in [0, 0.05) is 17.6 Å². The van der Waals surface area contributed by atoms with Crippen LogP contribution in [0.2, 0.25) is 0 Å². The van der Waals surface area contributed by atoms with Crippen LogP contribution < -0.4 is 0 Å². The second-order valence-electron chi connectivity index (χ2n) is 6.42. The van der Waals surface area contributed by atoms with Crippen LogP contribution in [-0.2, 0) is 0 Å². The predicted molar refractivity (Wildman–Crippen MR) is 81.2 cm³/mol. The summed E-state index contributed by atoms with van der Waals surface area (Å²) < 4.78 is 13.3. The molecule has 0 aliphatic heterocycles. The predicted octanol–water partition coefficient (Wildman–Crippen LogP) is 5.30. The molecule has 0 N–H and O–H groups in total. The number of pyridine rings is 1. The lowest BCUT2D eigenvalue weighted by molar-refractivity contribution is 0.259. The first-order chi connectivity index (χ1) is 9.65. The minimum atomic E-state index is -0.203. The summed E-state index contributed by atoms with van der Waals surface area (Å²) in [7, 11) is 0. The molecular weight excluding hydrogens is 249 g/mol. The number of halogens is 1. The van der Waals surface area contributed by atoms with E-state index in [0.29, 0.717) is 5.92 Å². The topological polar surface area (TPSA) is 12.9 Å². The standard InChI is InChI=1S/C18H22FN/c1-12(2)13-3-5-14(6-4-13)16-9-10-20-18-11-15(19)7-8-17(16)18/h7-14H,3-6H2,1-2H3. The van der Waals surface area contributed by atoms with Gasteiger partial charge in [0.1, 0.15) is 5.82 Å². The molecule has 0 saturated heterocycles. The molecule has 1 heterocycles. The van der Waals surface area contributed by atoms with Gasteiger partial charge in [-0.15, -0.1) is 0 Å². The Labute approximate surface area is 120 Å². The Morgan fingerprint density at radius 3 is 2.55 bits per heavy atom. The molecule has 0 unspecified atom stereocenters. The number of nitrogens with zero attached hydrogens (tertiary/aromatic N) is 1. The van der Waals surface area contributed by atoms with Crippen LogP contribution in [0.25, 0.3) is 10.9 Å². The van der Waals surface area contributed by atoms with Gasteiger partial charge in [0.15, 0.2) is 0 Å². The van der Waals surface area contributed by atoms with E-state index >= 15 is 0 Å². The molecule has 0 amide bonds. The second kappa shape index (κ2) is 5.51. The van der Waals surface area contributed by atoms with Gasteiger partial charge < -0.3 is 0 Å². The number of hydrogen-bond acceptors (Lipinski definition) is 1. The number of hydrogen-bond donors (Lipinski definition) is 0. The first-order valence-corrected chi connectivity index (χ1v) is 7.69. The number of rotatable bonds is 2. The van der Waals surface area contributed by atoms with E-state index in [-0.39, 0.29) is 5.82 Å². The average molecular weight is 271 g/mol. The van der Waals surface area contributed by atoms with Crippen LogP contribution in [-0.4, -0.2) is 4.98 Å². The van der Waals surface area contributed by atoms with Crippen molar-refractivity contribution < 1.29 is 4.39 Å². The van der Waals surface area contributed by atoms with E-state index in [0.717, 1.165) is 22.7 Å². The molecule has 3 rings (SSSR count). The van der Waals surface area contributed by atoms with Gasteiger partial charge in [-0.2, -0.15) is 0 Å². The minimum absolute atomic E-state index is 0.203. The second-order valence-corrected chi connectivity index (χ2v) is 6.42. The molecule has 1 fully saturated rings. The molecule has 1 nitrogen and oxygen atoms in total. The smallest absolute Gasteiger partial charge is 0.125 e. The highest BCUT2D eigenvalue weighted by Gasteiger charge is 2.25. The van der Waals surface area contributed by atoms with Crippen LogP contribution in [0.3, 0.4) is 0 Å². The van der Waals surface area contributed by atoms with E-state index in [9.17, 15) is 4.39 Å². The lowest BCUT2D eigenvalue weighted by atomic mass is 9.74. The quantitative estimate of drug-likeness (QED) is 0.722. The molecule has 0 spiro atoms. The highest BCUT2D eigenvalue weighted by Crippen LogP contribution is 2.40. The molecule has 1 saturated carbocycles. The van der Waals surface area contributed by atoms with Gasteiger partial charge in [0.25, 0.3) is 0 Å². The van der Waals surface area contributed by atoms with Crippen molar-refractivity contribution in [3.63, 3.8) is 0 Å². The lowest BCUT2D eigenvalue weighted by Gasteiger charge is -2.31. The van der Waals surface area contributed by atoms with E-state index < -0.39 is 0 Å². The van der Waals surface area contributed by atoms with Crippen molar-refractivity contribution in [2.24, 2.45) is 11.8 Å². The van der Waals surface area contributed by atoms with Crippen LogP contribution in [0.15, 0.2) is 30.5 Å². The summed E-state index contributed by atoms with van der Waals surface area (Å²) in [4.78, 5) is 4.30. The zero-order chi connectivity index (χ0) is 14.1. The molecule has 0 radical (unpaired) electrons. The van der Waals surface area contributed by atoms with Crippen LogP contribution in [0.5, 0.6) is 0 Å². The SMILES string of the molecule is CC(C)C1CCC(c2ccnc3cc(F)ccc23)CC1. The Morgan fingerprint density at radius 1 is 1.10 bits per heavy atom. The van der Waals surface area contributed by atoms with Crippen LogP contribution >= 0.6 is 0 Å². The Kier molecular flexibility index (Phi) is 3.73. The zero-order valence-corrected chi connectivity index (χ0v) is 12.3. The summed E-state index contributed by atoms with van der Waals surface area (Å²) >= 11 is 0. The maximum absolute atomic E-state index is 13.3. The molecule has 0 atom stereocenters. The first kappa shape index (κ1) is 13.5. The summed E-state index contributed by atoms with van der Waals surface area (Å²) in [6.07, 6.45) is 6.95. The summed E-state index contributed by atoms with van der Waals surface area (Å²) in [6, 6.07) is 7.11. The summed E-state index contributed by atoms with van der Waals surface area (Å²) in [6.45, 7) is 4.66. The van der Waals surface area contributed by atoms with Gasteiger partial charge >= 0.3 is 0 Å². The Morgan fingerprint density at radius 2 is 1.85 bits per heavy atom. The zero-order valence-electron chi connectivity index (χ0n) is 12.3. The third kappa shape index (κ3) is 2.56. The molecule has 1 aliphatic rings. The van der Waals surface area contributed by atoms with Crippen LogP contribution in [0.1, 0.15) is 51.0 Å². The van der Waals surface area contributed by atoms with Gasteiger partial charge in [-0.05, 0) is 67.2 Å². The largest absolute Gasteiger partial charge is 0.256 e. The lowest BCUT2D eigenvalue weighted by Crippen LogP contribution is -2.17. The van der Waals surface area contributed by atoms with Gasteiger partial charge in [-0.1, -0.05) is 13.8 Å². The van der Waals surface area contributed by atoms with Crippen LogP contribution in [0, 0.1) is 17.7 Å². The average Bonchev–Trinajstić information content (AvgIpc) is 2.46. The molecule has 106 valence electrons. The van der Waals surface area contributed by atoms with E-state index in [1.54, 1.807) is 12.1 Å². The van der Waals surface area contributed by atoms with E-state index in [2.05, 4.69) is 24.9 Å².